The van der Waals surface area contributed by atoms with E-state index in [0.717, 1.165) is 30.6 Å². The highest BCUT2D eigenvalue weighted by molar-refractivity contribution is 5.66. The van der Waals surface area contributed by atoms with Crippen LogP contribution in [0.15, 0.2) is 30.3 Å². The Hall–Kier alpha value is -1.24. The zero-order chi connectivity index (χ0) is 17.2. The lowest BCUT2D eigenvalue weighted by atomic mass is 9.78. The molecular weight excluding hydrogens is 292 g/mol. The number of benzene rings is 1. The molecule has 0 bridgehead atoms. The average Bonchev–Trinajstić information content (AvgIpc) is 2.63. The maximum atomic E-state index is 5.76. The largest absolute Gasteiger partial charge is 0.494 e. The van der Waals surface area contributed by atoms with Gasteiger partial charge in [0.05, 0.1) is 6.61 Å². The minimum atomic E-state index is 0.830. The molecule has 0 spiro atoms. The first-order valence-corrected chi connectivity index (χ1v) is 10.2. The van der Waals surface area contributed by atoms with Crippen LogP contribution >= 0.6 is 0 Å². The maximum Gasteiger partial charge on any atom is 0.119 e. The van der Waals surface area contributed by atoms with E-state index in [2.05, 4.69) is 51.1 Å². The van der Waals surface area contributed by atoms with Gasteiger partial charge in [-0.1, -0.05) is 71.1 Å². The molecule has 1 aliphatic carbocycles. The molecule has 1 heteroatoms. The molecule has 24 heavy (non-hydrogen) atoms. The molecule has 0 saturated carbocycles. The summed E-state index contributed by atoms with van der Waals surface area (Å²) in [6, 6.07) is 8.73. The lowest BCUT2D eigenvalue weighted by Gasteiger charge is -2.27. The molecule has 1 nitrogen and oxygen atoms in total. The van der Waals surface area contributed by atoms with Crippen LogP contribution in [0.3, 0.4) is 0 Å². The molecule has 0 aromatic heterocycles. The summed E-state index contributed by atoms with van der Waals surface area (Å²) in [7, 11) is 0. The standard InChI is InChI=1S/C23H36O/c1-4-6-8-9-19(3)20-10-12-21(13-11-20)22-14-16-23(17-15-22)24-18-7-5-2/h12,14-17,19-20H,4-11,13,18H2,1-3H3. The van der Waals surface area contributed by atoms with Crippen molar-refractivity contribution < 1.29 is 4.74 Å². The second-order valence-electron chi connectivity index (χ2n) is 7.46. The van der Waals surface area contributed by atoms with Crippen molar-refractivity contribution in [2.45, 2.75) is 78.6 Å². The van der Waals surface area contributed by atoms with Crippen molar-refractivity contribution in [3.63, 3.8) is 0 Å². The molecule has 2 atom stereocenters. The lowest BCUT2D eigenvalue weighted by molar-refractivity contribution is 0.308. The molecule has 134 valence electrons. The van der Waals surface area contributed by atoms with Gasteiger partial charge in [0.25, 0.3) is 0 Å². The van der Waals surface area contributed by atoms with Crippen LogP contribution in [0.1, 0.15) is 84.1 Å². The smallest absolute Gasteiger partial charge is 0.119 e. The highest BCUT2D eigenvalue weighted by Crippen LogP contribution is 2.36. The first-order chi connectivity index (χ1) is 11.7. The molecule has 0 fully saturated rings. The number of allylic oxidation sites excluding steroid dienone is 2. The first kappa shape index (κ1) is 19.1. The summed E-state index contributed by atoms with van der Waals surface area (Å²) in [5.41, 5.74) is 2.92. The summed E-state index contributed by atoms with van der Waals surface area (Å²) >= 11 is 0. The predicted molar refractivity (Wildman–Crippen MR) is 105 cm³/mol. The fourth-order valence-electron chi connectivity index (χ4n) is 3.69. The Morgan fingerprint density at radius 1 is 1.04 bits per heavy atom. The van der Waals surface area contributed by atoms with Crippen LogP contribution in [0.5, 0.6) is 5.75 Å². The number of ether oxygens (including phenoxy) is 1. The van der Waals surface area contributed by atoms with Gasteiger partial charge in [-0.15, -0.1) is 0 Å². The molecule has 0 radical (unpaired) electrons. The van der Waals surface area contributed by atoms with Crippen molar-refractivity contribution in [2.75, 3.05) is 6.61 Å². The number of hydrogen-bond acceptors (Lipinski definition) is 1. The van der Waals surface area contributed by atoms with Crippen LogP contribution in [-0.2, 0) is 0 Å². The SMILES string of the molecule is CCCCCC(C)C1CC=C(c2ccc(OCCCC)cc2)CC1. The third-order valence-electron chi connectivity index (χ3n) is 5.51. The molecule has 0 saturated heterocycles. The Balaban J connectivity index is 1.83. The molecule has 0 amide bonds. The molecule has 2 unspecified atom stereocenters. The van der Waals surface area contributed by atoms with Crippen LogP contribution in [0, 0.1) is 11.8 Å². The Morgan fingerprint density at radius 3 is 2.42 bits per heavy atom. The van der Waals surface area contributed by atoms with E-state index in [1.54, 1.807) is 0 Å². The molecule has 2 rings (SSSR count). The highest BCUT2D eigenvalue weighted by atomic mass is 16.5. The second-order valence-corrected chi connectivity index (χ2v) is 7.46. The Bertz CT molecular complexity index is 485. The van der Waals surface area contributed by atoms with Gasteiger partial charge < -0.3 is 4.74 Å². The fraction of sp³-hybridized carbons (Fsp3) is 0.652. The Morgan fingerprint density at radius 2 is 1.79 bits per heavy atom. The fourth-order valence-corrected chi connectivity index (χ4v) is 3.69. The van der Waals surface area contributed by atoms with Crippen LogP contribution in [0.2, 0.25) is 0 Å². The quantitative estimate of drug-likeness (QED) is 0.410. The third-order valence-corrected chi connectivity index (χ3v) is 5.51. The molecular formula is C23H36O. The van der Waals surface area contributed by atoms with Crippen molar-refractivity contribution in [3.05, 3.63) is 35.9 Å². The van der Waals surface area contributed by atoms with E-state index in [1.165, 1.54) is 62.5 Å². The van der Waals surface area contributed by atoms with E-state index in [-0.39, 0.29) is 0 Å². The number of unbranched alkanes of at least 4 members (excludes halogenated alkanes) is 3. The van der Waals surface area contributed by atoms with Gasteiger partial charge in [0.15, 0.2) is 0 Å². The molecule has 0 N–H and O–H groups in total. The minimum Gasteiger partial charge on any atom is -0.494 e. The van der Waals surface area contributed by atoms with E-state index >= 15 is 0 Å². The van der Waals surface area contributed by atoms with Gasteiger partial charge in [-0.25, -0.2) is 0 Å². The van der Waals surface area contributed by atoms with Crippen LogP contribution in [0.4, 0.5) is 0 Å². The van der Waals surface area contributed by atoms with Gasteiger partial charge in [0.1, 0.15) is 5.75 Å². The highest BCUT2D eigenvalue weighted by Gasteiger charge is 2.20. The predicted octanol–water partition coefficient (Wildman–Crippen LogP) is 7.27. The zero-order valence-electron chi connectivity index (χ0n) is 16.0. The van der Waals surface area contributed by atoms with Crippen molar-refractivity contribution >= 4 is 5.57 Å². The van der Waals surface area contributed by atoms with E-state index in [9.17, 15) is 0 Å². The van der Waals surface area contributed by atoms with Gasteiger partial charge in [-0.3, -0.25) is 0 Å². The molecule has 1 aromatic carbocycles. The van der Waals surface area contributed by atoms with Gasteiger partial charge in [0, 0.05) is 0 Å². The number of rotatable bonds is 10. The van der Waals surface area contributed by atoms with Gasteiger partial charge in [-0.05, 0) is 60.8 Å². The molecule has 1 aliphatic rings. The van der Waals surface area contributed by atoms with E-state index in [1.807, 2.05) is 0 Å². The zero-order valence-corrected chi connectivity index (χ0v) is 16.0. The maximum absolute atomic E-state index is 5.76. The summed E-state index contributed by atoms with van der Waals surface area (Å²) in [6.45, 7) is 7.78. The van der Waals surface area contributed by atoms with E-state index in [4.69, 9.17) is 4.74 Å². The summed E-state index contributed by atoms with van der Waals surface area (Å²) in [5.74, 6) is 2.77. The summed E-state index contributed by atoms with van der Waals surface area (Å²) in [5, 5.41) is 0. The van der Waals surface area contributed by atoms with Crippen LogP contribution < -0.4 is 4.74 Å². The third kappa shape index (κ3) is 6.00. The molecule has 0 aliphatic heterocycles. The summed E-state index contributed by atoms with van der Waals surface area (Å²) in [4.78, 5) is 0. The first-order valence-electron chi connectivity index (χ1n) is 10.2. The lowest BCUT2D eigenvalue weighted by Crippen LogP contribution is -2.14. The van der Waals surface area contributed by atoms with Crippen molar-refractivity contribution in [3.8, 4) is 5.75 Å². The van der Waals surface area contributed by atoms with Crippen LogP contribution in [0.25, 0.3) is 5.57 Å². The van der Waals surface area contributed by atoms with Gasteiger partial charge >= 0.3 is 0 Å². The topological polar surface area (TPSA) is 9.23 Å². The van der Waals surface area contributed by atoms with E-state index in [0.29, 0.717) is 0 Å². The normalized spacial score (nSPS) is 19.0. The second kappa shape index (κ2) is 10.6. The van der Waals surface area contributed by atoms with E-state index < -0.39 is 0 Å². The monoisotopic (exact) mass is 328 g/mol. The Kier molecular flexibility index (Phi) is 8.42. The average molecular weight is 329 g/mol. The summed E-state index contributed by atoms with van der Waals surface area (Å²) in [6.07, 6.45) is 14.2. The number of hydrogen-bond donors (Lipinski definition) is 0. The van der Waals surface area contributed by atoms with Gasteiger partial charge in [-0.2, -0.15) is 0 Å². The minimum absolute atomic E-state index is 0.830. The van der Waals surface area contributed by atoms with Crippen molar-refractivity contribution in [2.24, 2.45) is 11.8 Å². The Labute approximate surface area is 149 Å². The van der Waals surface area contributed by atoms with Gasteiger partial charge in [0.2, 0.25) is 0 Å². The molecule has 1 aromatic rings. The summed E-state index contributed by atoms with van der Waals surface area (Å²) < 4.78 is 5.76. The van der Waals surface area contributed by atoms with Crippen LogP contribution in [-0.4, -0.2) is 6.61 Å². The molecule has 0 heterocycles. The van der Waals surface area contributed by atoms with Crippen molar-refractivity contribution in [1.82, 2.24) is 0 Å². The van der Waals surface area contributed by atoms with Crippen molar-refractivity contribution in [1.29, 1.82) is 0 Å².